The molecule has 0 aliphatic carbocycles. The monoisotopic (exact) mass is 381 g/mol. The van der Waals surface area contributed by atoms with Gasteiger partial charge in [-0.25, -0.2) is 4.79 Å². The zero-order valence-electron chi connectivity index (χ0n) is 14.4. The van der Waals surface area contributed by atoms with E-state index in [1.54, 1.807) is 31.2 Å². The average molecular weight is 381 g/mol. The van der Waals surface area contributed by atoms with Crippen molar-refractivity contribution in [2.24, 2.45) is 0 Å². The third-order valence-electron chi connectivity index (χ3n) is 3.70. The average Bonchev–Trinajstić information content (AvgIpc) is 2.59. The van der Waals surface area contributed by atoms with Gasteiger partial charge in [-0.3, -0.25) is 4.79 Å². The molecular weight excluding hydrogens is 363 g/mol. The van der Waals surface area contributed by atoms with Crippen LogP contribution in [0.15, 0.2) is 48.5 Å². The molecule has 0 saturated carbocycles. The Bertz CT molecular complexity index is 803. The summed E-state index contributed by atoms with van der Waals surface area (Å²) in [6.45, 7) is 0.366. The van der Waals surface area contributed by atoms with Crippen LogP contribution in [0.3, 0.4) is 0 Å². The molecule has 0 spiro atoms. The number of halogens is 3. The molecule has 2 aromatic rings. The number of aromatic carboxylic acids is 1. The Morgan fingerprint density at radius 1 is 1.15 bits per heavy atom. The van der Waals surface area contributed by atoms with Crippen molar-refractivity contribution in [2.75, 3.05) is 6.61 Å². The summed E-state index contributed by atoms with van der Waals surface area (Å²) in [7, 11) is 0. The first kappa shape index (κ1) is 20.3. The van der Waals surface area contributed by atoms with E-state index in [0.717, 1.165) is 0 Å². The predicted molar refractivity (Wildman–Crippen MR) is 91.7 cm³/mol. The number of benzene rings is 2. The number of alkyl halides is 3. The lowest BCUT2D eigenvalue weighted by Crippen LogP contribution is -2.28. The first-order chi connectivity index (χ1) is 12.6. The highest BCUT2D eigenvalue weighted by atomic mass is 19.4. The Balaban J connectivity index is 1.92. The molecule has 0 radical (unpaired) electrons. The van der Waals surface area contributed by atoms with Crippen LogP contribution in [-0.2, 0) is 11.2 Å². The summed E-state index contributed by atoms with van der Waals surface area (Å²) in [5.41, 5.74) is 1.36. The molecule has 0 heterocycles. The highest BCUT2D eigenvalue weighted by Crippen LogP contribution is 2.21. The van der Waals surface area contributed by atoms with Crippen LogP contribution in [0.2, 0.25) is 0 Å². The first-order valence-electron chi connectivity index (χ1n) is 8.05. The number of carbonyl (C=O) groups is 2. The number of carboxylic acids is 1. The van der Waals surface area contributed by atoms with Crippen molar-refractivity contribution in [3.8, 4) is 5.75 Å². The van der Waals surface area contributed by atoms with E-state index in [9.17, 15) is 22.8 Å². The van der Waals surface area contributed by atoms with Gasteiger partial charge in [0.05, 0.1) is 18.0 Å². The van der Waals surface area contributed by atoms with E-state index >= 15 is 0 Å². The maximum atomic E-state index is 12.1. The van der Waals surface area contributed by atoms with E-state index in [0.29, 0.717) is 11.1 Å². The third kappa shape index (κ3) is 6.65. The van der Waals surface area contributed by atoms with E-state index < -0.39 is 18.8 Å². The van der Waals surface area contributed by atoms with E-state index in [1.807, 2.05) is 0 Å². The topological polar surface area (TPSA) is 75.6 Å². The zero-order chi connectivity index (χ0) is 20.0. The molecule has 144 valence electrons. The second-order valence-electron chi connectivity index (χ2n) is 5.94. The summed E-state index contributed by atoms with van der Waals surface area (Å²) in [4.78, 5) is 23.1. The molecule has 0 saturated heterocycles. The molecule has 0 aromatic heterocycles. The third-order valence-corrected chi connectivity index (χ3v) is 3.70. The minimum atomic E-state index is -4.40. The molecule has 1 atom stereocenters. The van der Waals surface area contributed by atoms with E-state index in [1.165, 1.54) is 24.3 Å². The maximum Gasteiger partial charge on any atom is 0.422 e. The smallest absolute Gasteiger partial charge is 0.422 e. The Labute approximate surface area is 153 Å². The van der Waals surface area contributed by atoms with E-state index in [4.69, 9.17) is 5.11 Å². The van der Waals surface area contributed by atoms with Crippen LogP contribution < -0.4 is 10.1 Å². The lowest BCUT2D eigenvalue weighted by atomic mass is 10.1. The van der Waals surface area contributed by atoms with Crippen molar-refractivity contribution < 1.29 is 32.6 Å². The van der Waals surface area contributed by atoms with Crippen LogP contribution in [0.5, 0.6) is 5.75 Å². The number of hydrogen-bond acceptors (Lipinski definition) is 3. The van der Waals surface area contributed by atoms with Crippen LogP contribution in [-0.4, -0.2) is 29.8 Å². The number of hydrogen-bond donors (Lipinski definition) is 2. The first-order valence-corrected chi connectivity index (χ1v) is 8.05. The fourth-order valence-electron chi connectivity index (χ4n) is 2.39. The van der Waals surface area contributed by atoms with Crippen LogP contribution in [0.1, 0.15) is 34.5 Å². The summed E-state index contributed by atoms with van der Waals surface area (Å²) in [5.74, 6) is -1.29. The van der Waals surface area contributed by atoms with E-state index in [-0.39, 0.29) is 29.7 Å². The van der Waals surface area contributed by atoms with Crippen LogP contribution in [0.25, 0.3) is 0 Å². The van der Waals surface area contributed by atoms with Gasteiger partial charge in [0.15, 0.2) is 6.61 Å². The second-order valence-corrected chi connectivity index (χ2v) is 5.94. The summed E-state index contributed by atoms with van der Waals surface area (Å²) in [6, 6.07) is 11.7. The van der Waals surface area contributed by atoms with E-state index in [2.05, 4.69) is 10.1 Å². The lowest BCUT2D eigenvalue weighted by molar-refractivity contribution is -0.153. The Morgan fingerprint density at radius 2 is 1.81 bits per heavy atom. The van der Waals surface area contributed by atoms with Crippen molar-refractivity contribution >= 4 is 11.9 Å². The van der Waals surface area contributed by atoms with Gasteiger partial charge in [0, 0.05) is 0 Å². The summed E-state index contributed by atoms with van der Waals surface area (Å²) in [6.07, 6.45) is -4.39. The molecule has 2 aromatic carbocycles. The Hall–Kier alpha value is -3.03. The molecule has 27 heavy (non-hydrogen) atoms. The molecule has 8 heteroatoms. The molecule has 0 bridgehead atoms. The summed E-state index contributed by atoms with van der Waals surface area (Å²) in [5, 5.41) is 11.7. The van der Waals surface area contributed by atoms with Gasteiger partial charge in [0.1, 0.15) is 5.75 Å². The minimum Gasteiger partial charge on any atom is -0.484 e. The van der Waals surface area contributed by atoms with Gasteiger partial charge < -0.3 is 15.2 Å². The van der Waals surface area contributed by atoms with Gasteiger partial charge in [-0.1, -0.05) is 24.3 Å². The van der Waals surface area contributed by atoms with Gasteiger partial charge in [-0.2, -0.15) is 13.2 Å². The minimum absolute atomic E-state index is 0.0121. The quantitative estimate of drug-likeness (QED) is 0.766. The second kappa shape index (κ2) is 8.57. The van der Waals surface area contributed by atoms with Crippen LogP contribution in [0.4, 0.5) is 13.2 Å². The number of ether oxygens (including phenoxy) is 1. The molecule has 1 unspecified atom stereocenters. The molecule has 0 aliphatic heterocycles. The fourth-order valence-corrected chi connectivity index (χ4v) is 2.39. The van der Waals surface area contributed by atoms with Gasteiger partial charge in [0.25, 0.3) is 0 Å². The SMILES string of the molecule is CC(NC(=O)Cc1cccc(C(=O)O)c1)c1ccc(OCC(F)(F)F)cc1. The number of nitrogens with one attached hydrogen (secondary N) is 1. The van der Waals surface area contributed by atoms with Gasteiger partial charge >= 0.3 is 12.1 Å². The highest BCUT2D eigenvalue weighted by molar-refractivity contribution is 5.88. The normalized spacial score (nSPS) is 12.3. The molecule has 5 nitrogen and oxygen atoms in total. The summed E-state index contributed by atoms with van der Waals surface area (Å²) >= 11 is 0. The zero-order valence-corrected chi connectivity index (χ0v) is 14.4. The Kier molecular flexibility index (Phi) is 6.44. The number of rotatable bonds is 7. The maximum absolute atomic E-state index is 12.1. The van der Waals surface area contributed by atoms with Gasteiger partial charge in [0.2, 0.25) is 5.91 Å². The van der Waals surface area contributed by atoms with Crippen molar-refractivity contribution in [1.29, 1.82) is 0 Å². The molecule has 2 N–H and O–H groups in total. The van der Waals surface area contributed by atoms with Gasteiger partial charge in [-0.05, 0) is 42.3 Å². The number of carboxylic acid groups (broad SMARTS) is 1. The van der Waals surface area contributed by atoms with Crippen molar-refractivity contribution in [1.82, 2.24) is 5.32 Å². The Morgan fingerprint density at radius 3 is 2.41 bits per heavy atom. The summed E-state index contributed by atoms with van der Waals surface area (Å²) < 4.78 is 41.0. The number of carbonyl (C=O) groups excluding carboxylic acids is 1. The van der Waals surface area contributed by atoms with Crippen LogP contribution in [0, 0.1) is 0 Å². The molecule has 2 rings (SSSR count). The highest BCUT2D eigenvalue weighted by Gasteiger charge is 2.28. The largest absolute Gasteiger partial charge is 0.484 e. The molecular formula is C19H18F3NO4. The van der Waals surface area contributed by atoms with Crippen molar-refractivity contribution in [3.63, 3.8) is 0 Å². The molecule has 0 aliphatic rings. The number of amides is 1. The predicted octanol–water partition coefficient (Wildman–Crippen LogP) is 3.75. The standard InChI is InChI=1S/C19H18F3NO4/c1-12(14-5-7-16(8-6-14)27-11-19(20,21)22)23-17(24)10-13-3-2-4-15(9-13)18(25)26/h2-9,12H,10-11H2,1H3,(H,23,24)(H,25,26). The van der Waals surface area contributed by atoms with Crippen LogP contribution >= 0.6 is 0 Å². The van der Waals surface area contributed by atoms with Crippen molar-refractivity contribution in [2.45, 2.75) is 25.6 Å². The van der Waals surface area contributed by atoms with Crippen molar-refractivity contribution in [3.05, 3.63) is 65.2 Å². The molecule has 1 amide bonds. The molecule has 0 fully saturated rings. The van der Waals surface area contributed by atoms with Gasteiger partial charge in [-0.15, -0.1) is 0 Å². The fraction of sp³-hybridized carbons (Fsp3) is 0.263. The lowest BCUT2D eigenvalue weighted by Gasteiger charge is -2.15.